The monoisotopic (exact) mass is 279 g/mol. The van der Waals surface area contributed by atoms with Gasteiger partial charge in [-0.25, -0.2) is 0 Å². The predicted octanol–water partition coefficient (Wildman–Crippen LogP) is 6.34. The van der Waals surface area contributed by atoms with E-state index in [-0.39, 0.29) is 0 Å². The van der Waals surface area contributed by atoms with Crippen molar-refractivity contribution < 1.29 is 0 Å². The van der Waals surface area contributed by atoms with Crippen molar-refractivity contribution >= 4 is 0 Å². The molecule has 0 aromatic heterocycles. The molecule has 0 atom stereocenters. The van der Waals surface area contributed by atoms with Gasteiger partial charge in [0, 0.05) is 19.3 Å². The van der Waals surface area contributed by atoms with Crippen LogP contribution in [0.3, 0.4) is 0 Å². The number of hydrogen-bond acceptors (Lipinski definition) is 1. The molecular formula is C19H37N. The molecule has 1 rings (SSSR count). The van der Waals surface area contributed by atoms with Gasteiger partial charge < -0.3 is 4.90 Å². The number of nitrogens with zero attached hydrogens (tertiary/aromatic N) is 1. The lowest BCUT2D eigenvalue weighted by molar-refractivity contribution is 0.430. The molecule has 0 radical (unpaired) electrons. The summed E-state index contributed by atoms with van der Waals surface area (Å²) < 4.78 is 0. The first-order chi connectivity index (χ1) is 9.42. The number of hydrogen-bond donors (Lipinski definition) is 0. The molecule has 1 heteroatoms. The van der Waals surface area contributed by atoms with Crippen LogP contribution in [0.2, 0.25) is 0 Å². The Bertz CT molecular complexity index is 328. The maximum Gasteiger partial charge on any atom is 0.0382 e. The lowest BCUT2D eigenvalue weighted by atomic mass is 10.0. The largest absolute Gasteiger partial charge is 0.374 e. The highest BCUT2D eigenvalue weighted by molar-refractivity contribution is 5.23. The average Bonchev–Trinajstić information content (AvgIpc) is 2.42. The van der Waals surface area contributed by atoms with E-state index in [1.807, 2.05) is 13.8 Å². The maximum atomic E-state index is 2.37. The van der Waals surface area contributed by atoms with Crippen molar-refractivity contribution in [1.29, 1.82) is 0 Å². The first kappa shape index (κ1) is 21.3. The molecule has 1 aliphatic carbocycles. The molecule has 118 valence electrons. The van der Waals surface area contributed by atoms with E-state index < -0.39 is 0 Å². The summed E-state index contributed by atoms with van der Waals surface area (Å²) in [5.74, 6) is 0. The highest BCUT2D eigenvalue weighted by atomic mass is 15.1. The summed E-state index contributed by atoms with van der Waals surface area (Å²) in [6.07, 6.45) is 8.16. The summed E-state index contributed by atoms with van der Waals surface area (Å²) in [6.45, 7) is 18.1. The van der Waals surface area contributed by atoms with Crippen molar-refractivity contribution in [3.8, 4) is 0 Å². The second-order valence-electron chi connectivity index (χ2n) is 5.51. The van der Waals surface area contributed by atoms with Crippen molar-refractivity contribution in [3.05, 3.63) is 34.6 Å². The van der Waals surface area contributed by atoms with Gasteiger partial charge in [0.1, 0.15) is 0 Å². The van der Waals surface area contributed by atoms with Crippen LogP contribution >= 0.6 is 0 Å². The quantitative estimate of drug-likeness (QED) is 0.545. The topological polar surface area (TPSA) is 3.24 Å². The SMILES string of the molecule is CC.CC1=CC=C(N(C)CC(C)=C(C)C)CC1.CCC. The van der Waals surface area contributed by atoms with Gasteiger partial charge in [-0.2, -0.15) is 0 Å². The van der Waals surface area contributed by atoms with Crippen LogP contribution in [0.25, 0.3) is 0 Å². The molecule has 0 aromatic rings. The Balaban J connectivity index is 0. The minimum Gasteiger partial charge on any atom is -0.374 e. The highest BCUT2D eigenvalue weighted by Gasteiger charge is 2.08. The van der Waals surface area contributed by atoms with Crippen LogP contribution in [-0.4, -0.2) is 18.5 Å². The van der Waals surface area contributed by atoms with Crippen LogP contribution in [0, 0.1) is 0 Å². The molecule has 1 nitrogen and oxygen atoms in total. The van der Waals surface area contributed by atoms with Gasteiger partial charge in [0.05, 0.1) is 0 Å². The van der Waals surface area contributed by atoms with Crippen LogP contribution < -0.4 is 0 Å². The second-order valence-corrected chi connectivity index (χ2v) is 5.51. The van der Waals surface area contributed by atoms with Crippen LogP contribution in [0.5, 0.6) is 0 Å². The van der Waals surface area contributed by atoms with Crippen molar-refractivity contribution in [2.75, 3.05) is 13.6 Å². The smallest absolute Gasteiger partial charge is 0.0382 e. The van der Waals surface area contributed by atoms with Gasteiger partial charge in [-0.05, 0) is 46.6 Å². The van der Waals surface area contributed by atoms with E-state index in [2.05, 4.69) is 65.6 Å². The molecule has 0 aliphatic heterocycles. The van der Waals surface area contributed by atoms with Crippen molar-refractivity contribution in [3.63, 3.8) is 0 Å². The summed E-state index contributed by atoms with van der Waals surface area (Å²) in [7, 11) is 2.19. The fraction of sp³-hybridized carbons (Fsp3) is 0.684. The third-order valence-corrected chi connectivity index (χ3v) is 3.15. The molecule has 0 N–H and O–H groups in total. The van der Waals surface area contributed by atoms with Gasteiger partial charge in [0.25, 0.3) is 0 Å². The van der Waals surface area contributed by atoms with E-state index in [9.17, 15) is 0 Å². The Morgan fingerprint density at radius 1 is 1.05 bits per heavy atom. The predicted molar refractivity (Wildman–Crippen MR) is 95.1 cm³/mol. The molecule has 20 heavy (non-hydrogen) atoms. The summed E-state index contributed by atoms with van der Waals surface area (Å²) >= 11 is 0. The van der Waals surface area contributed by atoms with Crippen molar-refractivity contribution in [2.45, 2.75) is 74.7 Å². The fourth-order valence-corrected chi connectivity index (χ4v) is 1.66. The van der Waals surface area contributed by atoms with Crippen LogP contribution in [0.15, 0.2) is 34.6 Å². The molecule has 0 bridgehead atoms. The van der Waals surface area contributed by atoms with Crippen LogP contribution in [0.4, 0.5) is 0 Å². The van der Waals surface area contributed by atoms with E-state index in [1.54, 1.807) is 0 Å². The molecule has 0 spiro atoms. The highest BCUT2D eigenvalue weighted by Crippen LogP contribution is 2.20. The van der Waals surface area contributed by atoms with Crippen molar-refractivity contribution in [1.82, 2.24) is 4.90 Å². The van der Waals surface area contributed by atoms with E-state index in [4.69, 9.17) is 0 Å². The zero-order valence-electron chi connectivity index (χ0n) is 15.4. The molecule has 0 saturated carbocycles. The van der Waals surface area contributed by atoms with E-state index in [0.29, 0.717) is 0 Å². The normalized spacial score (nSPS) is 12.8. The zero-order valence-corrected chi connectivity index (χ0v) is 15.4. The van der Waals surface area contributed by atoms with E-state index >= 15 is 0 Å². The molecule has 0 heterocycles. The third-order valence-electron chi connectivity index (χ3n) is 3.15. The Morgan fingerprint density at radius 3 is 1.90 bits per heavy atom. The standard InChI is InChI=1S/C14H23N.C3H8.C2H6/c1-11(2)13(4)10-15(5)14-8-6-12(3)7-9-14;1-3-2;1-2/h6,8H,7,9-10H2,1-5H3;3H2,1-2H3;1-2H3. The fourth-order valence-electron chi connectivity index (χ4n) is 1.66. The van der Waals surface area contributed by atoms with Gasteiger partial charge in [-0.3, -0.25) is 0 Å². The summed E-state index contributed by atoms with van der Waals surface area (Å²) in [5.41, 5.74) is 5.86. The lowest BCUT2D eigenvalue weighted by Gasteiger charge is -2.25. The molecule has 0 fully saturated rings. The van der Waals surface area contributed by atoms with E-state index in [0.717, 1.165) is 6.54 Å². The Kier molecular flexibility index (Phi) is 13.9. The average molecular weight is 280 g/mol. The minimum atomic E-state index is 1.06. The lowest BCUT2D eigenvalue weighted by Crippen LogP contribution is -2.21. The Hall–Kier alpha value is -0.980. The molecular weight excluding hydrogens is 242 g/mol. The first-order valence-corrected chi connectivity index (χ1v) is 8.12. The molecule has 0 aromatic carbocycles. The number of rotatable bonds is 3. The Morgan fingerprint density at radius 2 is 1.55 bits per heavy atom. The Labute approximate surface area is 128 Å². The molecule has 0 saturated heterocycles. The number of allylic oxidation sites excluding steroid dienone is 5. The van der Waals surface area contributed by atoms with Crippen LogP contribution in [0.1, 0.15) is 74.7 Å². The minimum absolute atomic E-state index is 1.06. The van der Waals surface area contributed by atoms with E-state index in [1.165, 1.54) is 41.7 Å². The molecule has 1 aliphatic rings. The third kappa shape index (κ3) is 9.89. The molecule has 0 unspecified atom stereocenters. The van der Waals surface area contributed by atoms with Gasteiger partial charge in [0.2, 0.25) is 0 Å². The van der Waals surface area contributed by atoms with Gasteiger partial charge in [0.15, 0.2) is 0 Å². The zero-order chi connectivity index (χ0) is 16.1. The second kappa shape index (κ2) is 13.0. The van der Waals surface area contributed by atoms with Gasteiger partial charge >= 0.3 is 0 Å². The first-order valence-electron chi connectivity index (χ1n) is 8.12. The van der Waals surface area contributed by atoms with Crippen LogP contribution in [-0.2, 0) is 0 Å². The summed E-state index contributed by atoms with van der Waals surface area (Å²) in [4.78, 5) is 2.37. The van der Waals surface area contributed by atoms with Gasteiger partial charge in [-0.1, -0.05) is 56.9 Å². The molecule has 0 amide bonds. The number of likely N-dealkylation sites (N-methyl/N-ethyl adjacent to an activating group) is 1. The van der Waals surface area contributed by atoms with Crippen molar-refractivity contribution in [2.24, 2.45) is 0 Å². The summed E-state index contributed by atoms with van der Waals surface area (Å²) in [5, 5.41) is 0. The van der Waals surface area contributed by atoms with Gasteiger partial charge in [-0.15, -0.1) is 0 Å². The summed E-state index contributed by atoms with van der Waals surface area (Å²) in [6, 6.07) is 0. The maximum absolute atomic E-state index is 2.37.